The fourth-order valence-corrected chi connectivity index (χ4v) is 5.88. The van der Waals surface area contributed by atoms with Crippen molar-refractivity contribution in [2.75, 3.05) is 18.4 Å². The van der Waals surface area contributed by atoms with Gasteiger partial charge in [-0.25, -0.2) is 0 Å². The monoisotopic (exact) mass is 506 g/mol. The number of hydrogen-bond acceptors (Lipinski definition) is 3. The first-order valence-electron chi connectivity index (χ1n) is 13.6. The molecular weight excluding hydrogens is 472 g/mol. The lowest BCUT2D eigenvalue weighted by atomic mass is 9.92. The lowest BCUT2D eigenvalue weighted by Crippen LogP contribution is -2.36. The zero-order valence-corrected chi connectivity index (χ0v) is 22.0. The largest absolute Gasteiger partial charge is 0.366 e. The van der Waals surface area contributed by atoms with Crippen LogP contribution in [0.2, 0.25) is 0 Å². The molecule has 0 unspecified atom stereocenters. The van der Waals surface area contributed by atoms with Crippen molar-refractivity contribution in [2.24, 2.45) is 5.73 Å². The van der Waals surface area contributed by atoms with Gasteiger partial charge in [0, 0.05) is 48.4 Å². The normalized spacial score (nSPS) is 16.1. The average molecular weight is 507 g/mol. The Hall–Kier alpha value is -4.06. The van der Waals surface area contributed by atoms with Crippen molar-refractivity contribution in [3.8, 4) is 11.1 Å². The van der Waals surface area contributed by atoms with Crippen LogP contribution < -0.4 is 11.1 Å². The molecule has 2 aliphatic rings. The summed E-state index contributed by atoms with van der Waals surface area (Å²) in [5.74, 6) is 0.733. The number of hydrogen-bond donors (Lipinski definition) is 3. The number of nitrogens with one attached hydrogen (secondary N) is 2. The average Bonchev–Trinajstić information content (AvgIpc) is 3.67. The highest BCUT2D eigenvalue weighted by Crippen LogP contribution is 2.41. The number of fused-ring (bicyclic) bond motifs is 1. The minimum Gasteiger partial charge on any atom is -0.366 e. The molecular formula is C32H34N4O2. The van der Waals surface area contributed by atoms with Crippen molar-refractivity contribution < 1.29 is 9.59 Å². The van der Waals surface area contributed by atoms with E-state index >= 15 is 0 Å². The van der Waals surface area contributed by atoms with Crippen molar-refractivity contribution in [3.63, 3.8) is 0 Å². The molecule has 6 rings (SSSR count). The summed E-state index contributed by atoms with van der Waals surface area (Å²) in [6.07, 6.45) is 4.39. The summed E-state index contributed by atoms with van der Waals surface area (Å²) in [6.45, 7) is 5.26. The third kappa shape index (κ3) is 4.55. The number of aromatic nitrogens is 1. The standard InChI is InChI=1S/C32H34N4O2/c1-19-25(4-3-5-29(19)34-24-10-8-22(9-11-24)21-6-7-21)26-12-13-27(32(33)38)31-28(26)18-30(35-31)23-14-16-36(17-15-23)20(2)37/h3-5,8-13,18,21,23,34-35H,6-7,14-17H2,1-2H3,(H2,33,38). The van der Waals surface area contributed by atoms with Crippen molar-refractivity contribution in [3.05, 3.63) is 83.0 Å². The zero-order valence-electron chi connectivity index (χ0n) is 22.0. The van der Waals surface area contributed by atoms with Gasteiger partial charge < -0.3 is 20.9 Å². The Morgan fingerprint density at radius 3 is 2.32 bits per heavy atom. The lowest BCUT2D eigenvalue weighted by Gasteiger charge is -2.30. The molecule has 2 heterocycles. The molecule has 2 fully saturated rings. The number of rotatable bonds is 6. The van der Waals surface area contributed by atoms with Crippen molar-refractivity contribution in [1.29, 1.82) is 0 Å². The van der Waals surface area contributed by atoms with Gasteiger partial charge in [-0.2, -0.15) is 0 Å². The highest BCUT2D eigenvalue weighted by Gasteiger charge is 2.25. The maximum Gasteiger partial charge on any atom is 0.250 e. The third-order valence-corrected chi connectivity index (χ3v) is 8.32. The van der Waals surface area contributed by atoms with E-state index in [0.717, 1.165) is 76.5 Å². The summed E-state index contributed by atoms with van der Waals surface area (Å²) < 4.78 is 0. The van der Waals surface area contributed by atoms with E-state index in [1.807, 2.05) is 17.0 Å². The Morgan fingerprint density at radius 1 is 0.921 bits per heavy atom. The maximum absolute atomic E-state index is 12.3. The van der Waals surface area contributed by atoms with Gasteiger partial charge in [0.05, 0.1) is 11.1 Å². The zero-order chi connectivity index (χ0) is 26.4. The Balaban J connectivity index is 1.35. The fourth-order valence-electron chi connectivity index (χ4n) is 5.88. The summed E-state index contributed by atoms with van der Waals surface area (Å²) >= 11 is 0. The molecule has 3 aromatic carbocycles. The van der Waals surface area contributed by atoms with E-state index in [0.29, 0.717) is 11.5 Å². The summed E-state index contributed by atoms with van der Waals surface area (Å²) in [5, 5.41) is 4.60. The molecule has 0 atom stereocenters. The first kappa shape index (κ1) is 24.3. The van der Waals surface area contributed by atoms with Gasteiger partial charge >= 0.3 is 0 Å². The molecule has 4 aromatic rings. The molecule has 1 aromatic heterocycles. The number of carbonyl (C=O) groups excluding carboxylic acids is 2. The smallest absolute Gasteiger partial charge is 0.250 e. The highest BCUT2D eigenvalue weighted by atomic mass is 16.2. The van der Waals surface area contributed by atoms with Gasteiger partial charge in [0.25, 0.3) is 5.91 Å². The molecule has 6 heteroatoms. The van der Waals surface area contributed by atoms with Crippen LogP contribution in [0.25, 0.3) is 22.0 Å². The van der Waals surface area contributed by atoms with Crippen LogP contribution in [0.4, 0.5) is 11.4 Å². The number of piperidine rings is 1. The number of amides is 2. The van der Waals surface area contributed by atoms with E-state index in [9.17, 15) is 9.59 Å². The Bertz CT molecular complexity index is 1520. The predicted molar refractivity (Wildman–Crippen MR) is 153 cm³/mol. The van der Waals surface area contributed by atoms with Gasteiger partial charge in [-0.15, -0.1) is 0 Å². The molecule has 0 bridgehead atoms. The van der Waals surface area contributed by atoms with Crippen LogP contribution in [0, 0.1) is 6.92 Å². The second-order valence-corrected chi connectivity index (χ2v) is 10.8. The number of H-pyrrole nitrogens is 1. The van der Waals surface area contributed by atoms with Crippen molar-refractivity contribution >= 4 is 34.1 Å². The number of carbonyl (C=O) groups is 2. The van der Waals surface area contributed by atoms with Crippen LogP contribution in [0.15, 0.2) is 60.7 Å². The summed E-state index contributed by atoms with van der Waals surface area (Å²) in [4.78, 5) is 29.5. The summed E-state index contributed by atoms with van der Waals surface area (Å²) in [5.41, 5.74) is 15.0. The molecule has 1 saturated carbocycles. The first-order chi connectivity index (χ1) is 18.4. The summed E-state index contributed by atoms with van der Waals surface area (Å²) in [7, 11) is 0. The Morgan fingerprint density at radius 2 is 1.66 bits per heavy atom. The van der Waals surface area contributed by atoms with Gasteiger partial charge in [-0.05, 0) is 91.1 Å². The number of primary amides is 1. The Kier molecular flexibility index (Phi) is 6.18. The SMILES string of the molecule is CC(=O)N1CCC(c2cc3c(-c4cccc(Nc5ccc(C6CC6)cc5)c4C)ccc(C(N)=O)c3[nH]2)CC1. The Labute approximate surface area is 223 Å². The predicted octanol–water partition coefficient (Wildman–Crippen LogP) is 6.59. The first-order valence-corrected chi connectivity index (χ1v) is 13.6. The number of benzene rings is 3. The fraction of sp³-hybridized carbons (Fsp3) is 0.312. The number of nitrogens with two attached hydrogens (primary N) is 1. The molecule has 0 spiro atoms. The third-order valence-electron chi connectivity index (χ3n) is 8.32. The van der Waals surface area contributed by atoms with Crippen molar-refractivity contribution in [1.82, 2.24) is 9.88 Å². The lowest BCUT2D eigenvalue weighted by molar-refractivity contribution is -0.129. The topological polar surface area (TPSA) is 91.2 Å². The van der Waals surface area contributed by atoms with Gasteiger partial charge in [0.15, 0.2) is 0 Å². The minimum absolute atomic E-state index is 0.126. The molecule has 2 amide bonds. The minimum atomic E-state index is -0.442. The molecule has 194 valence electrons. The second kappa shape index (κ2) is 9.67. The van der Waals surface area contributed by atoms with E-state index in [4.69, 9.17) is 5.73 Å². The van der Waals surface area contributed by atoms with Crippen LogP contribution >= 0.6 is 0 Å². The number of nitrogens with zero attached hydrogens (tertiary/aromatic N) is 1. The van der Waals surface area contributed by atoms with Crippen LogP contribution in [0.3, 0.4) is 0 Å². The van der Waals surface area contributed by atoms with E-state index in [2.05, 4.69) is 65.8 Å². The number of likely N-dealkylation sites (tertiary alicyclic amines) is 1. The van der Waals surface area contributed by atoms with Crippen LogP contribution in [0.1, 0.15) is 71.6 Å². The van der Waals surface area contributed by atoms with Gasteiger partial charge in [-0.1, -0.05) is 30.3 Å². The van der Waals surface area contributed by atoms with Crippen LogP contribution in [0.5, 0.6) is 0 Å². The molecule has 1 saturated heterocycles. The van der Waals surface area contributed by atoms with E-state index in [1.54, 1.807) is 6.92 Å². The van der Waals surface area contributed by atoms with Crippen molar-refractivity contribution in [2.45, 2.75) is 51.4 Å². The summed E-state index contributed by atoms with van der Waals surface area (Å²) in [6, 6.07) is 21.1. The van der Waals surface area contributed by atoms with Gasteiger partial charge in [-0.3, -0.25) is 9.59 Å². The molecule has 0 radical (unpaired) electrons. The molecule has 6 nitrogen and oxygen atoms in total. The van der Waals surface area contributed by atoms with E-state index in [-0.39, 0.29) is 5.91 Å². The van der Waals surface area contributed by atoms with E-state index in [1.165, 1.54) is 18.4 Å². The highest BCUT2D eigenvalue weighted by molar-refractivity contribution is 6.09. The molecule has 1 aliphatic heterocycles. The second-order valence-electron chi connectivity index (χ2n) is 10.8. The molecule has 4 N–H and O–H groups in total. The van der Waals surface area contributed by atoms with E-state index < -0.39 is 5.91 Å². The maximum atomic E-state index is 12.3. The van der Waals surface area contributed by atoms with Crippen LogP contribution in [-0.2, 0) is 4.79 Å². The van der Waals surface area contributed by atoms with Gasteiger partial charge in [0.2, 0.25) is 5.91 Å². The number of anilines is 2. The molecule has 38 heavy (non-hydrogen) atoms. The van der Waals surface area contributed by atoms with Crippen LogP contribution in [-0.4, -0.2) is 34.8 Å². The molecule has 1 aliphatic carbocycles. The quantitative estimate of drug-likeness (QED) is 0.275. The number of aromatic amines is 1. The van der Waals surface area contributed by atoms with Gasteiger partial charge in [0.1, 0.15) is 0 Å².